The Morgan fingerprint density at radius 2 is 2.05 bits per heavy atom. The van der Waals surface area contributed by atoms with E-state index in [1.807, 2.05) is 0 Å². The molecule has 0 saturated carbocycles. The molecule has 1 aliphatic heterocycles. The average Bonchev–Trinajstić information content (AvgIpc) is 2.80. The van der Waals surface area contributed by atoms with Crippen molar-refractivity contribution in [2.24, 2.45) is 0 Å². The lowest BCUT2D eigenvalue weighted by atomic mass is 10.0. The maximum Gasteiger partial charge on any atom is 0.168 e. The topological polar surface area (TPSA) is 26.3 Å². The molecule has 0 amide bonds. The molecule has 0 aliphatic carbocycles. The van der Waals surface area contributed by atoms with E-state index in [-0.39, 0.29) is 12.5 Å². The number of hydrogen-bond donors (Lipinski definition) is 0. The first-order valence-electron chi connectivity index (χ1n) is 6.37. The second-order valence-electron chi connectivity index (χ2n) is 4.69. The molecule has 1 heterocycles. The van der Waals surface area contributed by atoms with Crippen molar-refractivity contribution in [2.45, 2.75) is 38.2 Å². The van der Waals surface area contributed by atoms with Gasteiger partial charge in [0.15, 0.2) is 5.78 Å². The van der Waals surface area contributed by atoms with Crippen LogP contribution in [0.4, 0.5) is 8.78 Å². The number of carbonyl (C=O) groups excluding carboxylic acids is 1. The molecule has 1 saturated heterocycles. The van der Waals surface area contributed by atoms with Crippen molar-refractivity contribution < 1.29 is 18.3 Å². The van der Waals surface area contributed by atoms with Crippen molar-refractivity contribution in [3.8, 4) is 0 Å². The zero-order chi connectivity index (χ0) is 13.8. The van der Waals surface area contributed by atoms with Gasteiger partial charge in [-0.2, -0.15) is 0 Å². The standard InChI is InChI=1S/C14H15BrF2O2/c15-9-7-11(16)14(12(17)8-9)13(18)5-1-3-10-4-2-6-19-10/h7-8,10H,1-6H2. The fourth-order valence-corrected chi connectivity index (χ4v) is 2.70. The number of ether oxygens (including phenoxy) is 1. The number of Topliss-reactive ketones (excluding diaryl/α,β-unsaturated/α-hetero) is 1. The van der Waals surface area contributed by atoms with Crippen molar-refractivity contribution in [3.05, 3.63) is 33.8 Å². The molecule has 0 radical (unpaired) electrons. The van der Waals surface area contributed by atoms with Crippen molar-refractivity contribution >= 4 is 21.7 Å². The predicted octanol–water partition coefficient (Wildman–Crippen LogP) is 4.26. The van der Waals surface area contributed by atoms with E-state index in [1.54, 1.807) is 0 Å². The fraction of sp³-hybridized carbons (Fsp3) is 0.500. The molecule has 1 atom stereocenters. The van der Waals surface area contributed by atoms with E-state index in [9.17, 15) is 13.6 Å². The Morgan fingerprint density at radius 1 is 1.37 bits per heavy atom. The Bertz CT molecular complexity index is 448. The summed E-state index contributed by atoms with van der Waals surface area (Å²) in [4.78, 5) is 11.8. The summed E-state index contributed by atoms with van der Waals surface area (Å²) in [6.45, 7) is 0.772. The van der Waals surface area contributed by atoms with E-state index in [1.165, 1.54) is 0 Å². The molecule has 1 aromatic rings. The summed E-state index contributed by atoms with van der Waals surface area (Å²) in [5.74, 6) is -2.11. The summed E-state index contributed by atoms with van der Waals surface area (Å²) in [5, 5.41) is 0. The zero-order valence-electron chi connectivity index (χ0n) is 10.4. The lowest BCUT2D eigenvalue weighted by molar-refractivity contribution is 0.0917. The normalized spacial score (nSPS) is 18.8. The number of carbonyl (C=O) groups is 1. The van der Waals surface area contributed by atoms with E-state index in [4.69, 9.17) is 4.74 Å². The summed E-state index contributed by atoms with van der Waals surface area (Å²) in [7, 11) is 0. The highest BCUT2D eigenvalue weighted by Gasteiger charge is 2.20. The Kier molecular flexibility index (Phi) is 5.05. The van der Waals surface area contributed by atoms with Gasteiger partial charge in [-0.05, 0) is 37.8 Å². The summed E-state index contributed by atoms with van der Waals surface area (Å²) >= 11 is 2.99. The molecule has 0 aromatic heterocycles. The third-order valence-corrected chi connectivity index (χ3v) is 3.70. The maximum absolute atomic E-state index is 13.6. The SMILES string of the molecule is O=C(CCCC1CCCO1)c1c(F)cc(Br)cc1F. The van der Waals surface area contributed by atoms with Crippen LogP contribution in [0.15, 0.2) is 16.6 Å². The molecule has 1 aromatic carbocycles. The lowest BCUT2D eigenvalue weighted by Crippen LogP contribution is -2.09. The molecule has 2 rings (SSSR count). The summed E-state index contributed by atoms with van der Waals surface area (Å²) in [6, 6.07) is 2.22. The Labute approximate surface area is 119 Å². The molecular formula is C14H15BrF2O2. The first-order valence-corrected chi connectivity index (χ1v) is 7.16. The van der Waals surface area contributed by atoms with Crippen LogP contribution in [0.2, 0.25) is 0 Å². The zero-order valence-corrected chi connectivity index (χ0v) is 12.0. The van der Waals surface area contributed by atoms with E-state index in [2.05, 4.69) is 15.9 Å². The van der Waals surface area contributed by atoms with Crippen molar-refractivity contribution in [3.63, 3.8) is 0 Å². The quantitative estimate of drug-likeness (QED) is 0.753. The third-order valence-electron chi connectivity index (χ3n) is 3.24. The smallest absolute Gasteiger partial charge is 0.168 e. The predicted molar refractivity (Wildman–Crippen MR) is 71.2 cm³/mol. The number of halogens is 3. The van der Waals surface area contributed by atoms with Crippen LogP contribution in [0.5, 0.6) is 0 Å². The number of ketones is 1. The Hall–Kier alpha value is -0.810. The van der Waals surface area contributed by atoms with Gasteiger partial charge in [-0.3, -0.25) is 4.79 Å². The van der Waals surface area contributed by atoms with E-state index in [0.29, 0.717) is 10.9 Å². The van der Waals surface area contributed by atoms with Gasteiger partial charge in [0.25, 0.3) is 0 Å². The molecular weight excluding hydrogens is 318 g/mol. The van der Waals surface area contributed by atoms with Crippen LogP contribution in [-0.2, 0) is 4.74 Å². The minimum atomic E-state index is -0.811. The van der Waals surface area contributed by atoms with Gasteiger partial charge in [0, 0.05) is 17.5 Å². The van der Waals surface area contributed by atoms with Crippen molar-refractivity contribution in [1.29, 1.82) is 0 Å². The number of benzene rings is 1. The van der Waals surface area contributed by atoms with Crippen LogP contribution < -0.4 is 0 Å². The van der Waals surface area contributed by atoms with Crippen molar-refractivity contribution in [2.75, 3.05) is 6.61 Å². The molecule has 19 heavy (non-hydrogen) atoms. The van der Waals surface area contributed by atoms with E-state index in [0.717, 1.165) is 38.0 Å². The van der Waals surface area contributed by atoms with Crippen LogP contribution in [0.25, 0.3) is 0 Å². The summed E-state index contributed by atoms with van der Waals surface area (Å²) in [5.41, 5.74) is -0.435. The van der Waals surface area contributed by atoms with Gasteiger partial charge >= 0.3 is 0 Å². The Balaban J connectivity index is 1.92. The highest BCUT2D eigenvalue weighted by molar-refractivity contribution is 9.10. The molecule has 5 heteroatoms. The van der Waals surface area contributed by atoms with Gasteiger partial charge in [-0.1, -0.05) is 15.9 Å². The first kappa shape index (κ1) is 14.6. The van der Waals surface area contributed by atoms with Crippen LogP contribution in [0.3, 0.4) is 0 Å². The second-order valence-corrected chi connectivity index (χ2v) is 5.61. The molecule has 2 nitrogen and oxygen atoms in total. The number of rotatable bonds is 5. The minimum Gasteiger partial charge on any atom is -0.378 e. The highest BCUT2D eigenvalue weighted by atomic mass is 79.9. The van der Waals surface area contributed by atoms with Crippen LogP contribution >= 0.6 is 15.9 Å². The summed E-state index contributed by atoms with van der Waals surface area (Å²) in [6.07, 6.45) is 3.77. The van der Waals surface area contributed by atoms with Gasteiger partial charge in [0.1, 0.15) is 11.6 Å². The van der Waals surface area contributed by atoms with Crippen LogP contribution in [-0.4, -0.2) is 18.5 Å². The van der Waals surface area contributed by atoms with Gasteiger partial charge in [0.05, 0.1) is 11.7 Å². The van der Waals surface area contributed by atoms with Gasteiger partial charge < -0.3 is 4.74 Å². The van der Waals surface area contributed by atoms with E-state index >= 15 is 0 Å². The van der Waals surface area contributed by atoms with Crippen LogP contribution in [0.1, 0.15) is 42.5 Å². The average molecular weight is 333 g/mol. The molecule has 0 spiro atoms. The lowest BCUT2D eigenvalue weighted by Gasteiger charge is -2.09. The fourth-order valence-electron chi connectivity index (χ4n) is 2.30. The molecule has 1 aliphatic rings. The largest absolute Gasteiger partial charge is 0.378 e. The minimum absolute atomic E-state index is 0.148. The van der Waals surface area contributed by atoms with E-state index < -0.39 is 23.0 Å². The molecule has 1 fully saturated rings. The summed E-state index contributed by atoms with van der Waals surface area (Å²) < 4.78 is 32.9. The second kappa shape index (κ2) is 6.57. The van der Waals surface area contributed by atoms with Gasteiger partial charge in [-0.15, -0.1) is 0 Å². The monoisotopic (exact) mass is 332 g/mol. The molecule has 0 bridgehead atoms. The molecule has 1 unspecified atom stereocenters. The van der Waals surface area contributed by atoms with Gasteiger partial charge in [-0.25, -0.2) is 8.78 Å². The highest BCUT2D eigenvalue weighted by Crippen LogP contribution is 2.23. The first-order chi connectivity index (χ1) is 9.08. The van der Waals surface area contributed by atoms with Crippen LogP contribution in [0, 0.1) is 11.6 Å². The maximum atomic E-state index is 13.6. The molecule has 0 N–H and O–H groups in total. The van der Waals surface area contributed by atoms with Gasteiger partial charge in [0.2, 0.25) is 0 Å². The number of hydrogen-bond acceptors (Lipinski definition) is 2. The van der Waals surface area contributed by atoms with Crippen molar-refractivity contribution in [1.82, 2.24) is 0 Å². The Morgan fingerprint density at radius 3 is 2.63 bits per heavy atom. The molecule has 104 valence electrons. The third kappa shape index (κ3) is 3.83.